The monoisotopic (exact) mass is 636 g/mol. The fourth-order valence-corrected chi connectivity index (χ4v) is 2.48. The number of benzene rings is 1. The summed E-state index contributed by atoms with van der Waals surface area (Å²) in [7, 11) is 0. The molecule has 0 saturated heterocycles. The molecule has 0 radical (unpaired) electrons. The molecule has 1 rings (SSSR count). The standard InChI is InChI=1S/C34H9F9O3/c1-3-4-5-6-7-8-9-10-11-12-13-14-15-16-17-18-19-20-21-22-23-46-29-25-27(30(2,44)32(35,36)37)24-28(26-29)31(45,33(38,39)40)34(41,42)43/h1,24-26,44-45H,2H3. The van der Waals surface area contributed by atoms with Crippen LogP contribution in [0.4, 0.5) is 39.5 Å². The first kappa shape index (κ1) is 37.5. The summed E-state index contributed by atoms with van der Waals surface area (Å²) < 4.78 is 125. The molecule has 3 nitrogen and oxygen atoms in total. The molecule has 0 spiro atoms. The maximum Gasteiger partial charge on any atom is 0.430 e. The Bertz CT molecular complexity index is 2030. The molecule has 2 N–H and O–H groups in total. The van der Waals surface area contributed by atoms with Crippen molar-refractivity contribution in [2.45, 2.75) is 36.7 Å². The zero-order chi connectivity index (χ0) is 34.9. The number of halogens is 9. The molecule has 0 saturated carbocycles. The minimum Gasteiger partial charge on any atom is -0.407 e. The Morgan fingerprint density at radius 1 is 0.500 bits per heavy atom. The van der Waals surface area contributed by atoms with Gasteiger partial charge in [-0.05, 0) is 78.0 Å². The number of alkyl halides is 9. The van der Waals surface area contributed by atoms with Crippen LogP contribution in [0.1, 0.15) is 18.1 Å². The lowest BCUT2D eigenvalue weighted by Gasteiger charge is -2.34. The van der Waals surface area contributed by atoms with E-state index in [0.29, 0.717) is 0 Å². The minimum atomic E-state index is -6.44. The number of ether oxygens (including phenoxy) is 1. The molecule has 0 bridgehead atoms. The van der Waals surface area contributed by atoms with Gasteiger partial charge in [-0.15, -0.1) is 6.42 Å². The van der Waals surface area contributed by atoms with Crippen LogP contribution in [0.2, 0.25) is 0 Å². The van der Waals surface area contributed by atoms with Crippen LogP contribution in [-0.2, 0) is 11.2 Å². The summed E-state index contributed by atoms with van der Waals surface area (Å²) in [5.41, 5.74) is -13.2. The van der Waals surface area contributed by atoms with Gasteiger partial charge in [-0.1, -0.05) is 0 Å². The van der Waals surface area contributed by atoms with Crippen LogP contribution in [0.15, 0.2) is 18.2 Å². The number of terminal acetylenes is 1. The van der Waals surface area contributed by atoms with Crippen molar-refractivity contribution in [2.75, 3.05) is 0 Å². The van der Waals surface area contributed by atoms with Crippen LogP contribution in [0.3, 0.4) is 0 Å². The van der Waals surface area contributed by atoms with Gasteiger partial charge in [-0.3, -0.25) is 0 Å². The Labute approximate surface area is 257 Å². The van der Waals surface area contributed by atoms with E-state index in [1.54, 1.807) is 6.11 Å². The van der Waals surface area contributed by atoms with E-state index in [2.05, 4.69) is 111 Å². The Morgan fingerprint density at radius 3 is 1.15 bits per heavy atom. The summed E-state index contributed by atoms with van der Waals surface area (Å²) >= 11 is 0. The van der Waals surface area contributed by atoms with Crippen LogP contribution < -0.4 is 4.74 Å². The molecule has 12 heteroatoms. The fourth-order valence-electron chi connectivity index (χ4n) is 2.48. The van der Waals surface area contributed by atoms with Gasteiger partial charge in [-0.25, -0.2) is 0 Å². The second kappa shape index (κ2) is 16.4. The zero-order valence-electron chi connectivity index (χ0n) is 22.5. The Kier molecular flexibility index (Phi) is 13.3. The minimum absolute atomic E-state index is 0.0444. The molecule has 0 aromatic heterocycles. The lowest BCUT2D eigenvalue weighted by Crippen LogP contribution is -2.54. The van der Waals surface area contributed by atoms with Crippen molar-refractivity contribution in [3.8, 4) is 137 Å². The molecule has 0 aliphatic rings. The lowest BCUT2D eigenvalue weighted by atomic mass is 9.86. The first-order valence-corrected chi connectivity index (χ1v) is 11.3. The van der Waals surface area contributed by atoms with Gasteiger partial charge in [0.1, 0.15) is 11.9 Å². The normalized spacial score (nSPS) is 10.8. The smallest absolute Gasteiger partial charge is 0.407 e. The average Bonchev–Trinajstić information content (AvgIpc) is 2.95. The molecule has 1 atom stereocenters. The Hall–Kier alpha value is -6.53. The predicted molar refractivity (Wildman–Crippen MR) is 145 cm³/mol. The molecule has 0 heterocycles. The quantitative estimate of drug-likeness (QED) is 0.393. The molecular formula is C34H9F9O3. The molecular weight excluding hydrogens is 627 g/mol. The highest BCUT2D eigenvalue weighted by atomic mass is 19.4. The fraction of sp³-hybridized carbons (Fsp3) is 0.176. The summed E-state index contributed by atoms with van der Waals surface area (Å²) in [5.74, 6) is 44.3. The topological polar surface area (TPSA) is 49.7 Å². The summed E-state index contributed by atoms with van der Waals surface area (Å²) in [6.45, 7) is 0.0696. The third kappa shape index (κ3) is 10.9. The van der Waals surface area contributed by atoms with Gasteiger partial charge in [0.05, 0.1) is 0 Å². The van der Waals surface area contributed by atoms with Gasteiger partial charge in [0, 0.05) is 76.6 Å². The summed E-state index contributed by atoms with van der Waals surface area (Å²) in [4.78, 5) is 0. The van der Waals surface area contributed by atoms with Crippen molar-refractivity contribution in [3.05, 3.63) is 29.3 Å². The molecule has 0 aliphatic heterocycles. The van der Waals surface area contributed by atoms with Gasteiger partial charge in [-0.2, -0.15) is 39.5 Å². The maximum atomic E-state index is 13.3. The second-order valence-electron chi connectivity index (χ2n) is 7.75. The SMILES string of the molecule is C#CC#CC#CC#CC#CC#CC#CC#CC#CC#CC#COc1cc(C(C)(O)C(F)(F)F)cc(C(O)(C(F)(F)F)C(F)(F)F)c1. The van der Waals surface area contributed by atoms with Crippen molar-refractivity contribution in [1.29, 1.82) is 0 Å². The van der Waals surface area contributed by atoms with Crippen LogP contribution in [-0.4, -0.2) is 28.7 Å². The number of hydrogen-bond donors (Lipinski definition) is 2. The molecule has 46 heavy (non-hydrogen) atoms. The van der Waals surface area contributed by atoms with E-state index in [1.165, 1.54) is 0 Å². The van der Waals surface area contributed by atoms with E-state index < -0.39 is 46.6 Å². The summed E-state index contributed by atoms with van der Waals surface area (Å²) in [5, 5.41) is 19.5. The zero-order valence-corrected chi connectivity index (χ0v) is 22.5. The van der Waals surface area contributed by atoms with E-state index >= 15 is 0 Å². The van der Waals surface area contributed by atoms with E-state index in [1.807, 2.05) is 11.8 Å². The number of rotatable bonds is 3. The third-order valence-corrected chi connectivity index (χ3v) is 4.68. The molecule has 0 aliphatic carbocycles. The van der Waals surface area contributed by atoms with E-state index in [4.69, 9.17) is 6.42 Å². The van der Waals surface area contributed by atoms with Crippen molar-refractivity contribution >= 4 is 0 Å². The van der Waals surface area contributed by atoms with Gasteiger partial charge < -0.3 is 14.9 Å². The van der Waals surface area contributed by atoms with Crippen LogP contribution >= 0.6 is 0 Å². The summed E-state index contributed by atoms with van der Waals surface area (Å²) in [6.07, 6.45) is -11.8. The van der Waals surface area contributed by atoms with E-state index in [0.717, 1.165) is 0 Å². The first-order valence-electron chi connectivity index (χ1n) is 11.3. The highest BCUT2D eigenvalue weighted by molar-refractivity contribution is 5.48. The van der Waals surface area contributed by atoms with Crippen LogP contribution in [0.25, 0.3) is 0 Å². The molecule has 0 amide bonds. The van der Waals surface area contributed by atoms with Gasteiger partial charge in [0.2, 0.25) is 0 Å². The summed E-state index contributed by atoms with van der Waals surface area (Å²) in [6, 6.07) is -0.0620. The van der Waals surface area contributed by atoms with Crippen LogP contribution in [0, 0.1) is 131 Å². The maximum absolute atomic E-state index is 13.3. The highest BCUT2D eigenvalue weighted by Crippen LogP contribution is 2.51. The first-order chi connectivity index (χ1) is 21.4. The number of hydrogen-bond acceptors (Lipinski definition) is 3. The lowest BCUT2D eigenvalue weighted by molar-refractivity contribution is -0.376. The van der Waals surface area contributed by atoms with Crippen molar-refractivity contribution in [2.24, 2.45) is 0 Å². The van der Waals surface area contributed by atoms with Crippen molar-refractivity contribution in [1.82, 2.24) is 0 Å². The van der Waals surface area contributed by atoms with Crippen molar-refractivity contribution < 1.29 is 54.5 Å². The van der Waals surface area contributed by atoms with E-state index in [9.17, 15) is 49.7 Å². The largest absolute Gasteiger partial charge is 0.430 e. The van der Waals surface area contributed by atoms with Gasteiger partial charge in [0.15, 0.2) is 5.60 Å². The van der Waals surface area contributed by atoms with E-state index in [-0.39, 0.29) is 25.1 Å². The molecule has 226 valence electrons. The highest BCUT2D eigenvalue weighted by Gasteiger charge is 2.71. The van der Waals surface area contributed by atoms with Crippen molar-refractivity contribution in [3.63, 3.8) is 0 Å². The predicted octanol–water partition coefficient (Wildman–Crippen LogP) is 3.77. The third-order valence-electron chi connectivity index (χ3n) is 4.68. The Balaban J connectivity index is 3.12. The van der Waals surface area contributed by atoms with Crippen LogP contribution in [0.5, 0.6) is 5.75 Å². The molecule has 1 unspecified atom stereocenters. The van der Waals surface area contributed by atoms with Gasteiger partial charge >= 0.3 is 18.5 Å². The number of aliphatic hydroxyl groups is 2. The molecule has 1 aromatic carbocycles. The Morgan fingerprint density at radius 2 is 0.826 bits per heavy atom. The van der Waals surface area contributed by atoms with Gasteiger partial charge in [0.25, 0.3) is 5.60 Å². The molecule has 1 aromatic rings. The molecule has 0 fully saturated rings. The second-order valence-corrected chi connectivity index (χ2v) is 7.75. The average molecular weight is 636 g/mol.